The van der Waals surface area contributed by atoms with Gasteiger partial charge in [-0.25, -0.2) is 9.78 Å². The highest BCUT2D eigenvalue weighted by atomic mass is 35.5. The van der Waals surface area contributed by atoms with Crippen LogP contribution in [0.4, 0.5) is 5.13 Å². The van der Waals surface area contributed by atoms with Crippen molar-refractivity contribution in [3.63, 3.8) is 0 Å². The molecule has 3 aromatic rings. The van der Waals surface area contributed by atoms with Gasteiger partial charge in [-0.2, -0.15) is 0 Å². The Hall–Kier alpha value is -3.49. The summed E-state index contributed by atoms with van der Waals surface area (Å²) in [5.41, 5.74) is 2.26. The summed E-state index contributed by atoms with van der Waals surface area (Å²) in [5, 5.41) is 11.7. The molecule has 0 spiro atoms. The molecular weight excluding hydrogens is 464 g/mol. The summed E-state index contributed by atoms with van der Waals surface area (Å²) in [6.45, 7) is 3.54. The van der Waals surface area contributed by atoms with Crippen molar-refractivity contribution in [2.45, 2.75) is 19.9 Å². The summed E-state index contributed by atoms with van der Waals surface area (Å²) < 4.78 is 4.79. The van der Waals surface area contributed by atoms with Gasteiger partial charge in [0.1, 0.15) is 10.6 Å². The number of aryl methyl sites for hydroxylation is 2. The maximum Gasteiger partial charge on any atom is 0.350 e. The number of carbonyl (C=O) groups is 3. The predicted octanol–water partition coefficient (Wildman–Crippen LogP) is 4.83. The quantitative estimate of drug-likeness (QED) is 0.248. The molecule has 1 amide bonds. The topological polar surface area (TPSA) is 96.8 Å². The van der Waals surface area contributed by atoms with Gasteiger partial charge in [0.05, 0.1) is 24.4 Å². The second-order valence-corrected chi connectivity index (χ2v) is 8.90. The molecular formula is C24H19ClN2O5S. The van der Waals surface area contributed by atoms with Crippen LogP contribution in [0.15, 0.2) is 54.1 Å². The molecule has 0 bridgehead atoms. The summed E-state index contributed by atoms with van der Waals surface area (Å²) >= 11 is 6.91. The minimum atomic E-state index is -0.933. The number of aliphatic hydroxyl groups excluding tert-OH is 1. The van der Waals surface area contributed by atoms with E-state index in [-0.39, 0.29) is 21.3 Å². The van der Waals surface area contributed by atoms with E-state index >= 15 is 0 Å². The van der Waals surface area contributed by atoms with Crippen LogP contribution < -0.4 is 4.90 Å². The lowest BCUT2D eigenvalue weighted by molar-refractivity contribution is -0.132. The van der Waals surface area contributed by atoms with Gasteiger partial charge >= 0.3 is 11.9 Å². The van der Waals surface area contributed by atoms with Gasteiger partial charge in [0.15, 0.2) is 5.13 Å². The Bertz CT molecular complexity index is 1300. The molecule has 2 heterocycles. The fourth-order valence-corrected chi connectivity index (χ4v) is 4.76. The first-order valence-corrected chi connectivity index (χ1v) is 11.1. The number of rotatable bonds is 4. The molecule has 1 aliphatic rings. The SMILES string of the molecule is COC(=O)c1sc(N2C(=O)C(=O)C(=C(O)c3ccc(Cl)cc3)[C@H]2c2ccc(C)cc2)nc1C. The lowest BCUT2D eigenvalue weighted by atomic mass is 9.95. The zero-order valence-corrected chi connectivity index (χ0v) is 19.5. The van der Waals surface area contributed by atoms with Crippen LogP contribution in [-0.4, -0.2) is 34.9 Å². The van der Waals surface area contributed by atoms with Crippen molar-refractivity contribution in [2.75, 3.05) is 12.0 Å². The number of nitrogens with zero attached hydrogens (tertiary/aromatic N) is 2. The summed E-state index contributed by atoms with van der Waals surface area (Å²) in [7, 11) is 1.26. The van der Waals surface area contributed by atoms with Gasteiger partial charge in [0.2, 0.25) is 0 Å². The largest absolute Gasteiger partial charge is 0.507 e. The minimum absolute atomic E-state index is 0.0707. The first kappa shape index (κ1) is 22.7. The summed E-state index contributed by atoms with van der Waals surface area (Å²) in [4.78, 5) is 44.2. The van der Waals surface area contributed by atoms with E-state index in [1.807, 2.05) is 19.1 Å². The lowest BCUT2D eigenvalue weighted by Crippen LogP contribution is -2.29. The number of aromatic nitrogens is 1. The van der Waals surface area contributed by atoms with E-state index in [0.717, 1.165) is 16.9 Å². The number of ether oxygens (including phenoxy) is 1. The van der Waals surface area contributed by atoms with Crippen molar-refractivity contribution in [2.24, 2.45) is 0 Å². The van der Waals surface area contributed by atoms with E-state index in [1.54, 1.807) is 43.3 Å². The van der Waals surface area contributed by atoms with Crippen molar-refractivity contribution in [3.05, 3.63) is 86.4 Å². The molecule has 1 aliphatic heterocycles. The number of esters is 1. The Kier molecular flexibility index (Phi) is 6.05. The molecule has 33 heavy (non-hydrogen) atoms. The third-order valence-electron chi connectivity index (χ3n) is 5.32. The van der Waals surface area contributed by atoms with Crippen molar-refractivity contribution < 1.29 is 24.2 Å². The maximum atomic E-state index is 13.2. The molecule has 1 saturated heterocycles. The predicted molar refractivity (Wildman–Crippen MR) is 126 cm³/mol. The monoisotopic (exact) mass is 482 g/mol. The number of anilines is 1. The Morgan fingerprint density at radius 3 is 2.33 bits per heavy atom. The molecule has 1 N–H and O–H groups in total. The van der Waals surface area contributed by atoms with E-state index in [1.165, 1.54) is 12.0 Å². The molecule has 1 aromatic heterocycles. The first-order chi connectivity index (χ1) is 15.7. The molecule has 9 heteroatoms. The Labute approximate surface area is 198 Å². The van der Waals surface area contributed by atoms with Crippen LogP contribution in [0.25, 0.3) is 5.76 Å². The molecule has 0 radical (unpaired) electrons. The van der Waals surface area contributed by atoms with E-state index in [0.29, 0.717) is 21.8 Å². The van der Waals surface area contributed by atoms with E-state index in [9.17, 15) is 19.5 Å². The molecule has 1 atom stereocenters. The fourth-order valence-electron chi connectivity index (χ4n) is 3.62. The second-order valence-electron chi connectivity index (χ2n) is 7.49. The number of carbonyl (C=O) groups excluding carboxylic acids is 3. The lowest BCUT2D eigenvalue weighted by Gasteiger charge is -2.23. The van der Waals surface area contributed by atoms with Crippen LogP contribution in [0.1, 0.15) is 38.1 Å². The van der Waals surface area contributed by atoms with Crippen LogP contribution >= 0.6 is 22.9 Å². The van der Waals surface area contributed by atoms with Crippen LogP contribution in [-0.2, 0) is 14.3 Å². The standard InChI is InChI=1S/C24H19ClN2O5S/c1-12-4-6-14(7-5-12)18-17(19(28)15-8-10-16(25)11-9-15)20(29)22(30)27(18)24-26-13(2)21(33-24)23(31)32-3/h4-11,18,28H,1-3H3/t18-/m1/s1. The number of methoxy groups -OCH3 is 1. The third kappa shape index (κ3) is 4.03. The number of ketones is 1. The summed E-state index contributed by atoms with van der Waals surface area (Å²) in [6.07, 6.45) is 0. The van der Waals surface area contributed by atoms with E-state index in [2.05, 4.69) is 4.98 Å². The van der Waals surface area contributed by atoms with Crippen molar-refractivity contribution in [1.82, 2.24) is 4.98 Å². The van der Waals surface area contributed by atoms with Gasteiger partial charge in [-0.3, -0.25) is 14.5 Å². The summed E-state index contributed by atoms with van der Waals surface area (Å²) in [6, 6.07) is 12.7. The molecule has 7 nitrogen and oxygen atoms in total. The van der Waals surface area contributed by atoms with Gasteiger partial charge < -0.3 is 9.84 Å². The van der Waals surface area contributed by atoms with Gasteiger partial charge in [0.25, 0.3) is 5.78 Å². The number of thiazole rings is 1. The van der Waals surface area contributed by atoms with E-state index in [4.69, 9.17) is 16.3 Å². The number of hydrogen-bond acceptors (Lipinski definition) is 7. The summed E-state index contributed by atoms with van der Waals surface area (Å²) in [5.74, 6) is -2.60. The van der Waals surface area contributed by atoms with Gasteiger partial charge in [0, 0.05) is 10.6 Å². The molecule has 0 saturated carbocycles. The number of hydrogen-bond donors (Lipinski definition) is 1. The minimum Gasteiger partial charge on any atom is -0.507 e. The average molecular weight is 483 g/mol. The Morgan fingerprint density at radius 1 is 1.09 bits per heavy atom. The Balaban J connectivity index is 1.93. The van der Waals surface area contributed by atoms with Crippen LogP contribution in [0.5, 0.6) is 0 Å². The molecule has 1 fully saturated rings. The molecule has 2 aromatic carbocycles. The number of aliphatic hydroxyl groups is 1. The highest BCUT2D eigenvalue weighted by Crippen LogP contribution is 2.44. The maximum absolute atomic E-state index is 13.2. The van der Waals surface area contributed by atoms with Gasteiger partial charge in [-0.15, -0.1) is 0 Å². The average Bonchev–Trinajstić information content (AvgIpc) is 3.31. The van der Waals surface area contributed by atoms with Crippen molar-refractivity contribution >= 4 is 51.5 Å². The Morgan fingerprint density at radius 2 is 1.73 bits per heavy atom. The smallest absolute Gasteiger partial charge is 0.350 e. The molecule has 4 rings (SSSR count). The zero-order chi connectivity index (χ0) is 23.9. The number of benzene rings is 2. The van der Waals surface area contributed by atoms with Crippen molar-refractivity contribution in [1.29, 1.82) is 0 Å². The molecule has 168 valence electrons. The number of Topliss-reactive ketones (excluding diaryl/α,β-unsaturated/α-hetero) is 1. The fraction of sp³-hybridized carbons (Fsp3) is 0.167. The molecule has 0 aliphatic carbocycles. The zero-order valence-electron chi connectivity index (χ0n) is 18.0. The normalized spacial score (nSPS) is 17.5. The highest BCUT2D eigenvalue weighted by Gasteiger charge is 2.48. The second kappa shape index (κ2) is 8.80. The first-order valence-electron chi connectivity index (χ1n) is 9.92. The highest BCUT2D eigenvalue weighted by molar-refractivity contribution is 7.17. The van der Waals surface area contributed by atoms with Crippen LogP contribution in [0, 0.1) is 13.8 Å². The third-order valence-corrected chi connectivity index (χ3v) is 6.71. The molecule has 0 unspecified atom stereocenters. The van der Waals surface area contributed by atoms with E-state index < -0.39 is 23.7 Å². The van der Waals surface area contributed by atoms with Crippen molar-refractivity contribution in [3.8, 4) is 0 Å². The van der Waals surface area contributed by atoms with Crippen LogP contribution in [0.2, 0.25) is 5.02 Å². The van der Waals surface area contributed by atoms with Crippen LogP contribution in [0.3, 0.4) is 0 Å². The number of amides is 1. The van der Waals surface area contributed by atoms with Gasteiger partial charge in [-0.1, -0.05) is 52.8 Å². The number of halogens is 1. The van der Waals surface area contributed by atoms with Gasteiger partial charge in [-0.05, 0) is 43.7 Å².